The highest BCUT2D eigenvalue weighted by Gasteiger charge is 2.32. The monoisotopic (exact) mass is 863 g/mol. The Hall–Kier alpha value is -6.02. The van der Waals surface area contributed by atoms with Crippen LogP contribution < -0.4 is 21.2 Å². The first-order chi connectivity index (χ1) is 29.9. The van der Waals surface area contributed by atoms with Crippen LogP contribution in [0.4, 0.5) is 16.2 Å². The number of anilines is 2. The topological polar surface area (TPSA) is 161 Å². The van der Waals surface area contributed by atoms with Crippen LogP contribution in [0.15, 0.2) is 88.2 Å². The molecule has 2 unspecified atom stereocenters. The molecule has 5 aromatic rings. The molecule has 63 heavy (non-hydrogen) atoms. The zero-order chi connectivity index (χ0) is 46.1. The van der Waals surface area contributed by atoms with Gasteiger partial charge in [0.05, 0.1) is 36.3 Å². The van der Waals surface area contributed by atoms with Crippen LogP contribution in [0.3, 0.4) is 0 Å². The van der Waals surface area contributed by atoms with E-state index in [1.165, 1.54) is 11.0 Å². The number of carbonyl (C=O) groups excluding carboxylic acids is 3. The highest BCUT2D eigenvalue weighted by Crippen LogP contribution is 2.31. The first-order valence-corrected chi connectivity index (χ1v) is 22.0. The highest BCUT2D eigenvalue weighted by atomic mass is 16.6. The first-order valence-electron chi connectivity index (χ1n) is 22.0. The summed E-state index contributed by atoms with van der Waals surface area (Å²) in [6, 6.07) is 20.2. The van der Waals surface area contributed by atoms with Crippen molar-refractivity contribution in [2.24, 2.45) is 11.3 Å². The average molecular weight is 864 g/mol. The molecule has 0 aliphatic rings. The number of rotatable bonds is 20. The second-order valence-corrected chi connectivity index (χ2v) is 17.7. The number of aryl methyl sites for hydroxylation is 1. The molecule has 2 heterocycles. The predicted octanol–water partition coefficient (Wildman–Crippen LogP) is 8.90. The number of amides is 3. The molecule has 0 saturated carbocycles. The van der Waals surface area contributed by atoms with Gasteiger partial charge >= 0.3 is 11.7 Å². The van der Waals surface area contributed by atoms with Crippen LogP contribution in [-0.4, -0.2) is 82.2 Å². The molecule has 0 aliphatic heterocycles. The van der Waals surface area contributed by atoms with Gasteiger partial charge in [0.25, 0.3) is 5.91 Å². The number of carbonyl (C=O) groups is 3. The van der Waals surface area contributed by atoms with Gasteiger partial charge in [-0.15, -0.1) is 5.10 Å². The molecule has 0 saturated heterocycles. The van der Waals surface area contributed by atoms with Gasteiger partial charge in [-0.25, -0.2) is 14.3 Å². The van der Waals surface area contributed by atoms with E-state index in [0.717, 1.165) is 30.0 Å². The summed E-state index contributed by atoms with van der Waals surface area (Å²) in [5.41, 5.74) is 3.81. The molecule has 0 bridgehead atoms. The first kappa shape index (κ1) is 48.0. The van der Waals surface area contributed by atoms with Crippen molar-refractivity contribution in [3.05, 3.63) is 112 Å². The number of hydrogen-bond donors (Lipinski definition) is 2. The molecular weight excluding hydrogens is 799 g/mol. The summed E-state index contributed by atoms with van der Waals surface area (Å²) in [5.74, 6) is -0.352. The van der Waals surface area contributed by atoms with Crippen LogP contribution in [0.5, 0.6) is 0 Å². The van der Waals surface area contributed by atoms with Gasteiger partial charge in [0.1, 0.15) is 17.7 Å². The Balaban J connectivity index is 1.37. The summed E-state index contributed by atoms with van der Waals surface area (Å²) in [4.78, 5) is 58.0. The van der Waals surface area contributed by atoms with Gasteiger partial charge in [-0.2, -0.15) is 0 Å². The summed E-state index contributed by atoms with van der Waals surface area (Å²) < 4.78 is 19.8. The van der Waals surface area contributed by atoms with E-state index < -0.39 is 35.4 Å². The standard InChI is InChI=1S/C49H65N7O7/c1-12-25-55(34(7)45(58)51-41-18-16-15-17-33(41)6)47(60)63-43(40-27-44(57)62-42-26-38(23-24-39(40)42)54(13-2)14-3)29-50-46(59)35-19-21-37(22-20-35)56-30-36(52-53-56)28-49(10,11)61-31-48(8,9)32(4)5/h15-24,26-27,30,32,34,43H,12-14,25,28-29,31H2,1-11H3,(H,50,59)(H,51,58). The largest absolute Gasteiger partial charge is 0.439 e. The molecule has 3 aromatic carbocycles. The van der Waals surface area contributed by atoms with Gasteiger partial charge in [-0.1, -0.05) is 58.0 Å². The molecule has 0 aliphatic carbocycles. The zero-order valence-corrected chi connectivity index (χ0v) is 38.8. The lowest BCUT2D eigenvalue weighted by Crippen LogP contribution is -2.47. The van der Waals surface area contributed by atoms with E-state index in [1.54, 1.807) is 48.0 Å². The van der Waals surface area contributed by atoms with E-state index in [-0.39, 0.29) is 24.4 Å². The van der Waals surface area contributed by atoms with Gasteiger partial charge in [-0.3, -0.25) is 14.5 Å². The number of nitrogens with one attached hydrogen (secondary N) is 2. The Morgan fingerprint density at radius 1 is 0.921 bits per heavy atom. The van der Waals surface area contributed by atoms with Crippen molar-refractivity contribution in [3.8, 4) is 5.69 Å². The fourth-order valence-corrected chi connectivity index (χ4v) is 7.00. The Bertz CT molecular complexity index is 2400. The minimum absolute atomic E-state index is 0.0344. The lowest BCUT2D eigenvalue weighted by molar-refractivity contribution is -0.120. The normalized spacial score (nSPS) is 12.8. The number of ether oxygens (including phenoxy) is 2. The number of aromatic nitrogens is 3. The van der Waals surface area contributed by atoms with E-state index in [0.29, 0.717) is 58.8 Å². The fourth-order valence-electron chi connectivity index (χ4n) is 7.00. The smallest absolute Gasteiger partial charge is 0.411 e. The number of benzene rings is 3. The summed E-state index contributed by atoms with van der Waals surface area (Å²) in [6.45, 7) is 24.5. The van der Waals surface area contributed by atoms with E-state index in [1.807, 2.05) is 78.1 Å². The van der Waals surface area contributed by atoms with Crippen LogP contribution in [0.2, 0.25) is 0 Å². The van der Waals surface area contributed by atoms with Crippen LogP contribution >= 0.6 is 0 Å². The summed E-state index contributed by atoms with van der Waals surface area (Å²) in [7, 11) is 0. The third-order valence-electron chi connectivity index (χ3n) is 11.8. The molecule has 5 rings (SSSR count). The van der Waals surface area contributed by atoms with Crippen LogP contribution in [0, 0.1) is 18.3 Å². The van der Waals surface area contributed by atoms with Crippen LogP contribution in [0.1, 0.15) is 109 Å². The van der Waals surface area contributed by atoms with Crippen molar-refractivity contribution in [3.63, 3.8) is 0 Å². The lowest BCUT2D eigenvalue weighted by atomic mass is 9.82. The highest BCUT2D eigenvalue weighted by molar-refractivity contribution is 5.97. The molecule has 2 aromatic heterocycles. The van der Waals surface area contributed by atoms with Crippen molar-refractivity contribution < 1.29 is 28.3 Å². The third kappa shape index (κ3) is 12.3. The third-order valence-corrected chi connectivity index (χ3v) is 11.8. The van der Waals surface area contributed by atoms with Gasteiger partial charge in [0.15, 0.2) is 0 Å². The molecular formula is C49H65N7O7. The molecule has 0 radical (unpaired) electrons. The van der Waals surface area contributed by atoms with Crippen molar-refractivity contribution in [2.45, 2.75) is 107 Å². The maximum atomic E-state index is 14.2. The van der Waals surface area contributed by atoms with E-state index >= 15 is 0 Å². The van der Waals surface area contributed by atoms with E-state index in [9.17, 15) is 19.2 Å². The Morgan fingerprint density at radius 3 is 2.27 bits per heavy atom. The van der Waals surface area contributed by atoms with Crippen molar-refractivity contribution in [1.82, 2.24) is 25.2 Å². The minimum atomic E-state index is -1.14. The van der Waals surface area contributed by atoms with Gasteiger partial charge in [0.2, 0.25) is 5.91 Å². The minimum Gasteiger partial charge on any atom is -0.439 e. The molecule has 14 nitrogen and oxygen atoms in total. The Morgan fingerprint density at radius 2 is 1.62 bits per heavy atom. The second-order valence-electron chi connectivity index (χ2n) is 17.7. The fraction of sp³-hybridized carbons (Fsp3) is 0.469. The average Bonchev–Trinajstić information content (AvgIpc) is 3.71. The maximum absolute atomic E-state index is 14.2. The number of nitrogens with zero attached hydrogens (tertiary/aromatic N) is 5. The second kappa shape index (κ2) is 20.9. The SMILES string of the molecule is CCCN(C(=O)OC(CNC(=O)c1ccc(-n2cc(CC(C)(C)OCC(C)(C)C(C)C)nn2)cc1)c1cc(=O)oc2cc(N(CC)CC)ccc12)C(C)C(=O)Nc1ccccc1C. The molecule has 2 N–H and O–H groups in total. The number of para-hydroxylation sites is 1. The molecule has 338 valence electrons. The van der Waals surface area contributed by atoms with Gasteiger partial charge in [-0.05, 0) is 107 Å². The number of hydrogen-bond acceptors (Lipinski definition) is 10. The summed E-state index contributed by atoms with van der Waals surface area (Å²) >= 11 is 0. The molecule has 0 fully saturated rings. The summed E-state index contributed by atoms with van der Waals surface area (Å²) in [5, 5.41) is 15.1. The van der Waals surface area contributed by atoms with Crippen molar-refractivity contribution in [2.75, 3.05) is 43.0 Å². The van der Waals surface area contributed by atoms with Gasteiger partial charge in [0, 0.05) is 66.1 Å². The van der Waals surface area contributed by atoms with Crippen molar-refractivity contribution in [1.29, 1.82) is 0 Å². The lowest BCUT2D eigenvalue weighted by Gasteiger charge is -2.34. The predicted molar refractivity (Wildman–Crippen MR) is 248 cm³/mol. The van der Waals surface area contributed by atoms with Crippen LogP contribution in [-0.2, 0) is 20.7 Å². The maximum Gasteiger partial charge on any atom is 0.411 e. The quantitative estimate of drug-likeness (QED) is 0.0724. The Kier molecular flexibility index (Phi) is 15.9. The molecule has 0 spiro atoms. The number of fused-ring (bicyclic) bond motifs is 1. The van der Waals surface area contributed by atoms with E-state index in [2.05, 4.69) is 53.5 Å². The Labute approximate surface area is 371 Å². The summed E-state index contributed by atoms with van der Waals surface area (Å²) in [6.07, 6.45) is 1.04. The molecule has 2 atom stereocenters. The van der Waals surface area contributed by atoms with Crippen molar-refractivity contribution >= 4 is 40.3 Å². The zero-order valence-electron chi connectivity index (χ0n) is 38.8. The van der Waals surface area contributed by atoms with E-state index in [4.69, 9.17) is 13.9 Å². The van der Waals surface area contributed by atoms with Gasteiger partial charge < -0.3 is 29.4 Å². The molecule has 3 amide bonds. The van der Waals surface area contributed by atoms with Crippen LogP contribution in [0.25, 0.3) is 16.7 Å². The molecule has 14 heteroatoms.